The largest absolute Gasteiger partial charge is 1.00 e. The van der Waals surface area contributed by atoms with E-state index in [4.69, 9.17) is 0 Å². The number of halogens is 1. The summed E-state index contributed by atoms with van der Waals surface area (Å²) in [7, 11) is 0. The number of allylic oxidation sites excluding steroid dienone is 2. The van der Waals surface area contributed by atoms with Gasteiger partial charge in [0.15, 0.2) is 0 Å². The molecule has 0 amide bonds. The van der Waals surface area contributed by atoms with Crippen LogP contribution < -0.4 is 24.0 Å². The normalized spacial score (nSPS) is 27.1. The Morgan fingerprint density at radius 3 is 2.42 bits per heavy atom. The topological polar surface area (TPSA) is 0 Å². The van der Waals surface area contributed by atoms with Gasteiger partial charge in [0.2, 0.25) is 0 Å². The zero-order chi connectivity index (χ0) is 12.7. The molecule has 0 N–H and O–H groups in total. The van der Waals surface area contributed by atoms with Crippen LogP contribution in [0.15, 0.2) is 12.2 Å². The summed E-state index contributed by atoms with van der Waals surface area (Å²) in [6.07, 6.45) is 19.1. The van der Waals surface area contributed by atoms with Crippen LogP contribution in [0, 0.1) is 0 Å². The maximum atomic E-state index is 2.44. The van der Waals surface area contributed by atoms with Crippen LogP contribution in [0.1, 0.15) is 71.1 Å². The van der Waals surface area contributed by atoms with Gasteiger partial charge in [-0.3, -0.25) is 0 Å². The van der Waals surface area contributed by atoms with E-state index in [2.05, 4.69) is 19.1 Å². The van der Waals surface area contributed by atoms with Crippen LogP contribution in [0.25, 0.3) is 0 Å². The van der Waals surface area contributed by atoms with E-state index in [9.17, 15) is 0 Å². The molecule has 1 aliphatic heterocycles. The molecule has 1 saturated heterocycles. The summed E-state index contributed by atoms with van der Waals surface area (Å²) in [6.45, 7) is 6.77. The van der Waals surface area contributed by atoms with Crippen molar-refractivity contribution in [3.05, 3.63) is 12.2 Å². The van der Waals surface area contributed by atoms with Crippen molar-refractivity contribution in [2.75, 3.05) is 19.6 Å². The van der Waals surface area contributed by atoms with Crippen molar-refractivity contribution >= 4 is 0 Å². The second-order valence-electron chi connectivity index (χ2n) is 6.44. The molecule has 2 heteroatoms. The summed E-state index contributed by atoms with van der Waals surface area (Å²) in [5.74, 6) is 0. The predicted molar refractivity (Wildman–Crippen MR) is 79.6 cm³/mol. The van der Waals surface area contributed by atoms with Crippen molar-refractivity contribution in [2.45, 2.75) is 77.2 Å². The van der Waals surface area contributed by atoms with Gasteiger partial charge in [-0.2, -0.15) is 0 Å². The Hall–Kier alpha value is 0.430. The van der Waals surface area contributed by atoms with Crippen molar-refractivity contribution in [3.8, 4) is 0 Å². The average molecular weight is 377 g/mol. The molecule has 0 aromatic rings. The number of quaternary nitrogens is 1. The molecule has 1 aliphatic carbocycles. The van der Waals surface area contributed by atoms with Gasteiger partial charge in [0, 0.05) is 6.42 Å². The molecule has 1 heterocycles. The minimum absolute atomic E-state index is 0. The fraction of sp³-hybridized carbons (Fsp3) is 0.882. The molecule has 0 aromatic carbocycles. The lowest BCUT2D eigenvalue weighted by molar-refractivity contribution is -0.956. The first-order chi connectivity index (χ1) is 8.87. The second kappa shape index (κ2) is 9.38. The third-order valence-electron chi connectivity index (χ3n) is 5.18. The molecule has 19 heavy (non-hydrogen) atoms. The summed E-state index contributed by atoms with van der Waals surface area (Å²) in [6, 6.07) is 0.974. The van der Waals surface area contributed by atoms with Gasteiger partial charge in [0.1, 0.15) is 0 Å². The van der Waals surface area contributed by atoms with Gasteiger partial charge in [0.05, 0.1) is 25.7 Å². The van der Waals surface area contributed by atoms with E-state index in [1.165, 1.54) is 88.3 Å². The fourth-order valence-corrected chi connectivity index (χ4v) is 4.07. The van der Waals surface area contributed by atoms with Gasteiger partial charge in [-0.25, -0.2) is 0 Å². The van der Waals surface area contributed by atoms with Gasteiger partial charge in [-0.15, -0.1) is 0 Å². The first-order valence-electron chi connectivity index (χ1n) is 8.38. The number of likely N-dealkylation sites (tertiary alicyclic amines) is 1. The molecule has 1 fully saturated rings. The van der Waals surface area contributed by atoms with Crippen LogP contribution in [-0.2, 0) is 0 Å². The van der Waals surface area contributed by atoms with E-state index in [0.717, 1.165) is 6.04 Å². The standard InChI is InChI=1S/C17H32N.HI/c1-2-3-14-18(15-10-7-11-16-18)17-12-8-5-4-6-9-13-17;/h4-5,17H,2-3,6-16H2,1H3;1H/q+1;/p-1. The summed E-state index contributed by atoms with van der Waals surface area (Å²) >= 11 is 0. The molecule has 112 valence electrons. The molecule has 0 bridgehead atoms. The summed E-state index contributed by atoms with van der Waals surface area (Å²) in [5, 5.41) is 0. The van der Waals surface area contributed by atoms with Crippen molar-refractivity contribution in [1.29, 1.82) is 0 Å². The fourth-order valence-electron chi connectivity index (χ4n) is 4.07. The number of nitrogens with zero attached hydrogens (tertiary/aromatic N) is 1. The van der Waals surface area contributed by atoms with E-state index in [0.29, 0.717) is 0 Å². The van der Waals surface area contributed by atoms with E-state index in [-0.39, 0.29) is 24.0 Å². The Bertz CT molecular complexity index is 256. The Kier molecular flexibility index (Phi) is 8.63. The summed E-state index contributed by atoms with van der Waals surface area (Å²) < 4.78 is 1.49. The average Bonchev–Trinajstić information content (AvgIpc) is 2.37. The van der Waals surface area contributed by atoms with Crippen LogP contribution in [0.4, 0.5) is 0 Å². The Labute approximate surface area is 137 Å². The van der Waals surface area contributed by atoms with E-state index in [1.54, 1.807) is 0 Å². The lowest BCUT2D eigenvalue weighted by Gasteiger charge is -2.48. The number of hydrogen-bond donors (Lipinski definition) is 0. The highest BCUT2D eigenvalue weighted by molar-refractivity contribution is 4.85. The maximum absolute atomic E-state index is 2.44. The molecule has 1 atom stereocenters. The minimum Gasteiger partial charge on any atom is -1.00 e. The van der Waals surface area contributed by atoms with E-state index in [1.807, 2.05) is 0 Å². The van der Waals surface area contributed by atoms with Crippen molar-refractivity contribution in [2.24, 2.45) is 0 Å². The molecule has 0 aromatic heterocycles. The highest BCUT2D eigenvalue weighted by atomic mass is 127. The molecule has 0 spiro atoms. The van der Waals surface area contributed by atoms with Crippen molar-refractivity contribution in [3.63, 3.8) is 0 Å². The Morgan fingerprint density at radius 1 is 0.947 bits per heavy atom. The van der Waals surface area contributed by atoms with Crippen molar-refractivity contribution in [1.82, 2.24) is 0 Å². The molecular weight excluding hydrogens is 345 g/mol. The van der Waals surface area contributed by atoms with Crippen LogP contribution in [0.5, 0.6) is 0 Å². The zero-order valence-electron chi connectivity index (χ0n) is 12.7. The third kappa shape index (κ3) is 5.04. The maximum Gasteiger partial charge on any atom is 0.0893 e. The minimum atomic E-state index is 0. The number of unbranched alkanes of at least 4 members (excludes halogenated alkanes) is 1. The molecule has 1 unspecified atom stereocenters. The first kappa shape index (κ1) is 17.5. The highest BCUT2D eigenvalue weighted by Crippen LogP contribution is 2.30. The number of piperidine rings is 1. The van der Waals surface area contributed by atoms with E-state index < -0.39 is 0 Å². The van der Waals surface area contributed by atoms with E-state index >= 15 is 0 Å². The van der Waals surface area contributed by atoms with Crippen LogP contribution in [0.2, 0.25) is 0 Å². The highest BCUT2D eigenvalue weighted by Gasteiger charge is 2.36. The van der Waals surface area contributed by atoms with Crippen LogP contribution in [0.3, 0.4) is 0 Å². The Morgan fingerprint density at radius 2 is 1.68 bits per heavy atom. The van der Waals surface area contributed by atoms with Crippen LogP contribution >= 0.6 is 0 Å². The van der Waals surface area contributed by atoms with Gasteiger partial charge < -0.3 is 28.5 Å². The zero-order valence-corrected chi connectivity index (χ0v) is 14.9. The summed E-state index contributed by atoms with van der Waals surface area (Å²) in [5.41, 5.74) is 0. The molecule has 1 nitrogen and oxygen atoms in total. The van der Waals surface area contributed by atoms with Gasteiger partial charge in [-0.05, 0) is 51.4 Å². The lowest BCUT2D eigenvalue weighted by Crippen LogP contribution is -3.00. The molecule has 0 saturated carbocycles. The summed E-state index contributed by atoms with van der Waals surface area (Å²) in [4.78, 5) is 0. The molecular formula is C17H32IN. The quantitative estimate of drug-likeness (QED) is 0.397. The SMILES string of the molecule is CCCC[N+]1(C2CCC=CCCC2)CCCCC1.[I-]. The Balaban J connectivity index is 0.00000180. The van der Waals surface area contributed by atoms with Gasteiger partial charge >= 0.3 is 0 Å². The monoisotopic (exact) mass is 377 g/mol. The smallest absolute Gasteiger partial charge is 0.0893 e. The van der Waals surface area contributed by atoms with Gasteiger partial charge in [-0.1, -0.05) is 25.5 Å². The molecule has 2 rings (SSSR count). The first-order valence-corrected chi connectivity index (χ1v) is 8.38. The molecule has 0 radical (unpaired) electrons. The number of rotatable bonds is 4. The lowest BCUT2D eigenvalue weighted by atomic mass is 9.93. The van der Waals surface area contributed by atoms with Gasteiger partial charge in [0.25, 0.3) is 0 Å². The van der Waals surface area contributed by atoms with Crippen molar-refractivity contribution < 1.29 is 28.5 Å². The number of hydrogen-bond acceptors (Lipinski definition) is 0. The molecule has 2 aliphatic rings. The third-order valence-corrected chi connectivity index (χ3v) is 5.18. The van der Waals surface area contributed by atoms with Crippen LogP contribution in [-0.4, -0.2) is 30.2 Å². The second-order valence-corrected chi connectivity index (χ2v) is 6.44. The predicted octanol–water partition coefficient (Wildman–Crippen LogP) is 1.68.